The van der Waals surface area contributed by atoms with Crippen LogP contribution >= 0.6 is 11.3 Å². The van der Waals surface area contributed by atoms with Gasteiger partial charge in [-0.15, -0.1) is 11.3 Å². The molecule has 0 aliphatic carbocycles. The number of para-hydroxylation sites is 1. The van der Waals surface area contributed by atoms with Gasteiger partial charge in [-0.05, 0) is 23.8 Å². The largest absolute Gasteiger partial charge is 0.490 e. The van der Waals surface area contributed by atoms with Crippen LogP contribution in [0.4, 0.5) is 13.2 Å². The molecule has 9 nitrogen and oxygen atoms in total. The highest BCUT2D eigenvalue weighted by Gasteiger charge is 2.38. The molecule has 1 aromatic carbocycles. The van der Waals surface area contributed by atoms with Crippen molar-refractivity contribution in [3.8, 4) is 5.75 Å². The van der Waals surface area contributed by atoms with Gasteiger partial charge in [-0.3, -0.25) is 14.6 Å². The minimum Gasteiger partial charge on any atom is -0.486 e. The second-order valence-electron chi connectivity index (χ2n) is 8.01. The van der Waals surface area contributed by atoms with Crippen LogP contribution in [0.25, 0.3) is 21.0 Å². The number of nitrogens with zero attached hydrogens (tertiary/aromatic N) is 3. The Labute approximate surface area is 218 Å². The molecule has 4 rings (SSSR count). The maximum Gasteiger partial charge on any atom is 0.490 e. The molecule has 0 bridgehead atoms. The lowest BCUT2D eigenvalue weighted by atomic mass is 10.1. The van der Waals surface area contributed by atoms with Gasteiger partial charge in [-0.25, -0.2) is 4.79 Å². The van der Waals surface area contributed by atoms with Crippen LogP contribution in [0.3, 0.4) is 0 Å². The third kappa shape index (κ3) is 6.29. The van der Waals surface area contributed by atoms with Crippen molar-refractivity contribution in [2.24, 2.45) is 7.05 Å². The summed E-state index contributed by atoms with van der Waals surface area (Å²) in [7, 11) is 5.05. The first-order valence-electron chi connectivity index (χ1n) is 11.1. The molecule has 38 heavy (non-hydrogen) atoms. The molecule has 1 amide bonds. The number of carbonyl (C=O) groups is 2. The summed E-state index contributed by atoms with van der Waals surface area (Å²) in [6, 6.07) is 11.4. The summed E-state index contributed by atoms with van der Waals surface area (Å²) in [6.45, 7) is 1.09. The summed E-state index contributed by atoms with van der Waals surface area (Å²) in [4.78, 5) is 41.5. The molecule has 0 aliphatic heterocycles. The van der Waals surface area contributed by atoms with Gasteiger partial charge in [0.05, 0.1) is 16.8 Å². The minimum absolute atomic E-state index is 0.187. The van der Waals surface area contributed by atoms with E-state index >= 15 is 0 Å². The van der Waals surface area contributed by atoms with Crippen LogP contribution in [-0.4, -0.2) is 64.9 Å². The van der Waals surface area contributed by atoms with Gasteiger partial charge in [0.1, 0.15) is 16.9 Å². The fraction of sp³-hybridized carbons (Fsp3) is 0.280. The van der Waals surface area contributed by atoms with Crippen LogP contribution < -0.4 is 10.3 Å². The summed E-state index contributed by atoms with van der Waals surface area (Å²) in [6.07, 6.45) is -1.72. The maximum atomic E-state index is 13.3. The first-order valence-corrected chi connectivity index (χ1v) is 11.9. The second-order valence-corrected chi connectivity index (χ2v) is 9.03. The smallest absolute Gasteiger partial charge is 0.486 e. The number of aryl methyl sites for hydroxylation is 1. The van der Waals surface area contributed by atoms with Crippen molar-refractivity contribution in [2.45, 2.75) is 12.8 Å². The minimum atomic E-state index is -5.08. The van der Waals surface area contributed by atoms with Gasteiger partial charge in [0.2, 0.25) is 0 Å². The first kappa shape index (κ1) is 28.6. The molecule has 0 spiro atoms. The number of methoxy groups -OCH3 is 1. The number of aromatic nitrogens is 2. The Kier molecular flexibility index (Phi) is 9.07. The van der Waals surface area contributed by atoms with E-state index in [1.165, 1.54) is 11.3 Å². The summed E-state index contributed by atoms with van der Waals surface area (Å²) in [5, 5.41) is 8.47. The average molecular weight is 552 g/mol. The van der Waals surface area contributed by atoms with Crippen LogP contribution in [0.1, 0.15) is 15.2 Å². The molecule has 202 valence electrons. The predicted molar refractivity (Wildman–Crippen MR) is 136 cm³/mol. The summed E-state index contributed by atoms with van der Waals surface area (Å²) < 4.78 is 45.3. The first-order chi connectivity index (χ1) is 18.0. The second kappa shape index (κ2) is 12.0. The zero-order valence-corrected chi connectivity index (χ0v) is 21.4. The number of hydrogen-bond donors (Lipinski definition) is 1. The SMILES string of the molecule is COCCN(C)C(=O)c1sc2c(c1OCc1ccncc1)c(=O)n(C)c1ccccc21.O=C(O)C(F)(F)F. The third-order valence-corrected chi connectivity index (χ3v) is 6.63. The fourth-order valence-electron chi connectivity index (χ4n) is 3.45. The molecule has 0 fully saturated rings. The van der Waals surface area contributed by atoms with Gasteiger partial charge in [-0.2, -0.15) is 13.2 Å². The molecular formula is C25H24F3N3O6S. The fourth-order valence-corrected chi connectivity index (χ4v) is 4.72. The zero-order chi connectivity index (χ0) is 28.0. The molecule has 0 radical (unpaired) electrons. The normalized spacial score (nSPS) is 11.2. The lowest BCUT2D eigenvalue weighted by molar-refractivity contribution is -0.192. The molecule has 0 saturated carbocycles. The number of amides is 1. The van der Waals surface area contributed by atoms with Crippen molar-refractivity contribution in [3.05, 3.63) is 69.6 Å². The lowest BCUT2D eigenvalue weighted by Gasteiger charge is -2.16. The summed E-state index contributed by atoms with van der Waals surface area (Å²) in [5.41, 5.74) is 1.53. The maximum absolute atomic E-state index is 13.3. The van der Waals surface area contributed by atoms with Crippen molar-refractivity contribution in [1.82, 2.24) is 14.5 Å². The Bertz CT molecular complexity index is 1500. The molecule has 13 heteroatoms. The number of carbonyl (C=O) groups excluding carboxylic acids is 1. The number of carboxylic acid groups (broad SMARTS) is 1. The molecule has 1 N–H and O–H groups in total. The number of aliphatic carboxylic acids is 1. The van der Waals surface area contributed by atoms with Crippen molar-refractivity contribution < 1.29 is 37.3 Å². The Balaban J connectivity index is 0.000000505. The standard InChI is InChI=1S/C23H23N3O4S.C2HF3O2/c1-25(12-13-29-3)23(28)21-19(30-14-15-8-10-24-11-9-15)18-20(31-21)16-6-4-5-7-17(16)26(2)22(18)27;3-2(4,5)1(6)7/h4-11H,12-14H2,1-3H3;(H,6,7). The molecule has 0 unspecified atom stereocenters. The molecule has 0 atom stereocenters. The number of likely N-dealkylation sites (N-methyl/N-ethyl adjacent to an activating group) is 1. The van der Waals surface area contributed by atoms with Gasteiger partial charge in [0, 0.05) is 45.5 Å². The summed E-state index contributed by atoms with van der Waals surface area (Å²) in [5.74, 6) is -2.63. The zero-order valence-electron chi connectivity index (χ0n) is 20.6. The van der Waals surface area contributed by atoms with E-state index in [0.29, 0.717) is 29.2 Å². The van der Waals surface area contributed by atoms with E-state index in [2.05, 4.69) is 4.98 Å². The van der Waals surface area contributed by atoms with Crippen LogP contribution in [-0.2, 0) is 23.2 Å². The van der Waals surface area contributed by atoms with Crippen LogP contribution in [0.2, 0.25) is 0 Å². The van der Waals surface area contributed by atoms with Crippen LogP contribution in [0.5, 0.6) is 5.75 Å². The highest BCUT2D eigenvalue weighted by molar-refractivity contribution is 7.22. The Morgan fingerprint density at radius 2 is 1.79 bits per heavy atom. The molecule has 0 aliphatic rings. The van der Waals surface area contributed by atoms with E-state index in [-0.39, 0.29) is 18.1 Å². The number of pyridine rings is 2. The van der Waals surface area contributed by atoms with Gasteiger partial charge in [0.25, 0.3) is 11.5 Å². The van der Waals surface area contributed by atoms with E-state index in [1.54, 1.807) is 43.1 Å². The highest BCUT2D eigenvalue weighted by atomic mass is 32.1. The number of carboxylic acids is 1. The van der Waals surface area contributed by atoms with Gasteiger partial charge < -0.3 is 24.0 Å². The lowest BCUT2D eigenvalue weighted by Crippen LogP contribution is -2.29. The molecule has 0 saturated heterocycles. The Morgan fingerprint density at radius 3 is 2.39 bits per heavy atom. The van der Waals surface area contributed by atoms with Crippen molar-refractivity contribution in [1.29, 1.82) is 0 Å². The number of rotatable bonds is 7. The topological polar surface area (TPSA) is 111 Å². The number of hydrogen-bond acceptors (Lipinski definition) is 7. The van der Waals surface area contributed by atoms with E-state index in [4.69, 9.17) is 19.4 Å². The van der Waals surface area contributed by atoms with Crippen LogP contribution in [0, 0.1) is 0 Å². The number of thiophene rings is 1. The molecule has 3 heterocycles. The van der Waals surface area contributed by atoms with Crippen molar-refractivity contribution >= 4 is 44.2 Å². The number of ether oxygens (including phenoxy) is 2. The molecule has 3 aromatic heterocycles. The average Bonchev–Trinajstić information content (AvgIpc) is 3.29. The van der Waals surface area contributed by atoms with Gasteiger partial charge in [0.15, 0.2) is 5.75 Å². The molecule has 4 aromatic rings. The van der Waals surface area contributed by atoms with Gasteiger partial charge >= 0.3 is 12.1 Å². The van der Waals surface area contributed by atoms with Gasteiger partial charge in [-0.1, -0.05) is 18.2 Å². The van der Waals surface area contributed by atoms with Crippen molar-refractivity contribution in [3.63, 3.8) is 0 Å². The predicted octanol–water partition coefficient (Wildman–Crippen LogP) is 4.08. The number of fused-ring (bicyclic) bond motifs is 3. The van der Waals surface area contributed by atoms with E-state index < -0.39 is 12.1 Å². The number of alkyl halides is 3. The number of benzene rings is 1. The van der Waals surface area contributed by atoms with Crippen LogP contribution in [0.15, 0.2) is 53.6 Å². The quantitative estimate of drug-likeness (QED) is 0.369. The Morgan fingerprint density at radius 1 is 1.16 bits per heavy atom. The Hall–Kier alpha value is -3.97. The summed E-state index contributed by atoms with van der Waals surface area (Å²) >= 11 is 1.30. The highest BCUT2D eigenvalue weighted by Crippen LogP contribution is 2.40. The van der Waals surface area contributed by atoms with E-state index in [0.717, 1.165) is 21.2 Å². The third-order valence-electron chi connectivity index (χ3n) is 5.44. The number of halogens is 3. The van der Waals surface area contributed by atoms with E-state index in [1.807, 2.05) is 36.4 Å². The van der Waals surface area contributed by atoms with Crippen molar-refractivity contribution in [2.75, 3.05) is 27.3 Å². The molecular weight excluding hydrogens is 527 g/mol. The monoisotopic (exact) mass is 551 g/mol. The van der Waals surface area contributed by atoms with E-state index in [9.17, 15) is 22.8 Å².